The molecule has 2 aromatic carbocycles. The van der Waals surface area contributed by atoms with Gasteiger partial charge in [-0.25, -0.2) is 0 Å². The largest absolute Gasteiger partial charge is 0.573 e. The lowest BCUT2D eigenvalue weighted by Gasteiger charge is -2.10. The van der Waals surface area contributed by atoms with Gasteiger partial charge in [0.05, 0.1) is 30.7 Å². The first kappa shape index (κ1) is 52.6. The van der Waals surface area contributed by atoms with Crippen LogP contribution in [-0.2, 0) is 59.3 Å². The number of hydrogen-bond donors (Lipinski definition) is 4. The second kappa shape index (κ2) is 25.7. The van der Waals surface area contributed by atoms with E-state index in [0.717, 1.165) is 78.1 Å². The second-order valence-electron chi connectivity index (χ2n) is 15.2. The van der Waals surface area contributed by atoms with E-state index in [-0.39, 0.29) is 42.6 Å². The van der Waals surface area contributed by atoms with Crippen LogP contribution in [0.25, 0.3) is 0 Å². The summed E-state index contributed by atoms with van der Waals surface area (Å²) in [5.41, 5.74) is 8.48. The molecular weight excluding hydrogens is 981 g/mol. The molecule has 18 nitrogen and oxygen atoms in total. The van der Waals surface area contributed by atoms with Crippen molar-refractivity contribution >= 4 is 62.3 Å². The topological polar surface area (TPSA) is 248 Å². The first-order valence-electron chi connectivity index (χ1n) is 21.5. The molecule has 0 unspecified atom stereocenters. The minimum atomic E-state index is -4.81. The highest BCUT2D eigenvalue weighted by atomic mass is 32.1. The third kappa shape index (κ3) is 20.0. The molecule has 7 rings (SSSR count). The molecule has 3 amide bonds. The van der Waals surface area contributed by atoms with Gasteiger partial charge in [0.2, 0.25) is 28.0 Å². The zero-order valence-corrected chi connectivity index (χ0v) is 38.9. The fourth-order valence-corrected chi connectivity index (χ4v) is 7.79. The molecule has 0 aliphatic heterocycles. The van der Waals surface area contributed by atoms with E-state index < -0.39 is 30.3 Å². The number of nitrogens with zero attached hydrogens (tertiary/aromatic N) is 9. The van der Waals surface area contributed by atoms with E-state index in [2.05, 4.69) is 71.2 Å². The Labute approximate surface area is 408 Å². The maximum absolute atomic E-state index is 12.4. The van der Waals surface area contributed by atoms with Gasteiger partial charge < -0.3 is 31.2 Å². The molecule has 0 aliphatic rings. The lowest BCUT2D eigenvalue weighted by atomic mass is 10.1. The highest BCUT2D eigenvalue weighted by Gasteiger charge is 2.32. The fourth-order valence-electron chi connectivity index (χ4n) is 6.34. The number of unbranched alkanes of at least 4 members (excludes halogenated alkanes) is 2. The summed E-state index contributed by atoms with van der Waals surface area (Å²) < 4.78 is 81.8. The summed E-state index contributed by atoms with van der Waals surface area (Å²) in [4.78, 5) is 40.7. The number of benzene rings is 2. The minimum Gasteiger partial charge on any atom is -0.406 e. The number of carbonyl (C=O) groups excluding carboxylic acids is 3. The van der Waals surface area contributed by atoms with Crippen LogP contribution in [0, 0.1) is 0 Å². The van der Waals surface area contributed by atoms with Gasteiger partial charge in [0.25, 0.3) is 0 Å². The molecule has 0 aliphatic carbocycles. The Kier molecular flexibility index (Phi) is 19.1. The number of nitrogen functional groups attached to an aromatic ring is 1. The Bertz CT molecular complexity index is 2800. The standard InChI is InChI=1S/C26H24F3N7O3S.C19H19F3N6O2S/c27-26(28,29)39-20-9-5-6-17(14-20)15-22(37)31-21-12-11-18(33-34-21)7-1-2-10-24-35-36-25(40-24)32-23(38)16-19-8-3-4-13-30-19;20-19(21,22)30-14-6-3-4-12(10-14)11-16(29)24-15-9-8-13(25-26-15)5-1-2-7-17-27-28-18(23)31-17/h3-6,8-9,11-14H,1-2,7,10,15-16H2,(H,31,34,37)(H,32,36,38);3-4,6,8-10H,1-2,5,7,11H2,(H2,23,28)(H,24,26,29). The van der Waals surface area contributed by atoms with Gasteiger partial charge in [-0.05, 0) is 110 Å². The lowest BCUT2D eigenvalue weighted by molar-refractivity contribution is -0.275. The van der Waals surface area contributed by atoms with Crippen molar-refractivity contribution in [2.45, 2.75) is 83.4 Å². The molecule has 26 heteroatoms. The number of halogens is 6. The molecule has 372 valence electrons. The number of aromatic nitrogens is 9. The van der Waals surface area contributed by atoms with Crippen LogP contribution in [0.3, 0.4) is 0 Å². The van der Waals surface area contributed by atoms with Crippen LogP contribution in [0.1, 0.15) is 63.9 Å². The van der Waals surface area contributed by atoms with Gasteiger partial charge in [0, 0.05) is 24.7 Å². The monoisotopic (exact) mass is 1020 g/mol. The van der Waals surface area contributed by atoms with Gasteiger partial charge in [0.1, 0.15) is 21.5 Å². The maximum Gasteiger partial charge on any atom is 0.573 e. The van der Waals surface area contributed by atoms with Gasteiger partial charge in [-0.3, -0.25) is 19.4 Å². The second-order valence-corrected chi connectivity index (χ2v) is 17.3. The molecule has 0 fully saturated rings. The van der Waals surface area contributed by atoms with E-state index in [1.807, 2.05) is 6.07 Å². The van der Waals surface area contributed by atoms with Gasteiger partial charge in [-0.2, -0.15) is 10.2 Å². The van der Waals surface area contributed by atoms with E-state index in [4.69, 9.17) is 5.73 Å². The van der Waals surface area contributed by atoms with Gasteiger partial charge in [-0.1, -0.05) is 53.0 Å². The molecule has 5 aromatic heterocycles. The Morgan fingerprint density at radius 2 is 1.01 bits per heavy atom. The molecule has 0 atom stereocenters. The highest BCUT2D eigenvalue weighted by molar-refractivity contribution is 7.15. The van der Waals surface area contributed by atoms with Crippen molar-refractivity contribution in [2.75, 3.05) is 21.7 Å². The normalized spacial score (nSPS) is 11.2. The van der Waals surface area contributed by atoms with Gasteiger partial charge in [0.15, 0.2) is 11.6 Å². The van der Waals surface area contributed by atoms with Gasteiger partial charge >= 0.3 is 12.7 Å². The zero-order chi connectivity index (χ0) is 50.6. The van der Waals surface area contributed by atoms with Crippen LogP contribution in [0.4, 0.5) is 48.2 Å². The Hall–Kier alpha value is -7.74. The van der Waals surface area contributed by atoms with Crippen molar-refractivity contribution in [1.29, 1.82) is 0 Å². The van der Waals surface area contributed by atoms with Crippen molar-refractivity contribution in [3.05, 3.63) is 135 Å². The molecular formula is C45H43F6N13O5S2. The number of nitrogens with two attached hydrogens (primary N) is 1. The molecule has 0 bridgehead atoms. The van der Waals surface area contributed by atoms with Crippen LogP contribution in [0.2, 0.25) is 0 Å². The van der Waals surface area contributed by atoms with Crippen LogP contribution >= 0.6 is 22.7 Å². The van der Waals surface area contributed by atoms with Crippen molar-refractivity contribution in [1.82, 2.24) is 45.8 Å². The predicted molar refractivity (Wildman–Crippen MR) is 249 cm³/mol. The number of pyridine rings is 1. The average Bonchev–Trinajstić information content (AvgIpc) is 3.94. The average molecular weight is 1020 g/mol. The summed E-state index contributed by atoms with van der Waals surface area (Å²) in [5, 5.41) is 42.6. The predicted octanol–water partition coefficient (Wildman–Crippen LogP) is 8.11. The number of amides is 3. The maximum atomic E-state index is 12.4. The molecule has 0 saturated heterocycles. The van der Waals surface area contributed by atoms with E-state index in [1.165, 1.54) is 53.0 Å². The number of carbonyl (C=O) groups is 3. The van der Waals surface area contributed by atoms with Crippen molar-refractivity contribution in [3.63, 3.8) is 0 Å². The molecule has 71 heavy (non-hydrogen) atoms. The van der Waals surface area contributed by atoms with E-state index in [0.29, 0.717) is 39.9 Å². The SMILES string of the molecule is Nc1nnc(CCCCc2ccc(NC(=O)Cc3cccc(OC(F)(F)F)c3)nn2)s1.O=C(Cc1cccc(OC(F)(F)F)c1)Nc1ccc(CCCCc2nnc(NC(=O)Cc3ccccn3)s2)nn1. The Balaban J connectivity index is 0.000000240. The molecule has 0 saturated carbocycles. The van der Waals surface area contributed by atoms with E-state index in [9.17, 15) is 40.7 Å². The lowest BCUT2D eigenvalue weighted by Crippen LogP contribution is -2.18. The highest BCUT2D eigenvalue weighted by Crippen LogP contribution is 2.25. The summed E-state index contributed by atoms with van der Waals surface area (Å²) >= 11 is 2.70. The minimum absolute atomic E-state index is 0.130. The number of aryl methyl sites for hydroxylation is 4. The Morgan fingerprint density at radius 1 is 0.507 bits per heavy atom. The quantitative estimate of drug-likeness (QED) is 0.0392. The number of alkyl halides is 6. The number of hydrogen-bond acceptors (Lipinski definition) is 17. The number of anilines is 4. The molecule has 0 radical (unpaired) electrons. The van der Waals surface area contributed by atoms with Crippen molar-refractivity contribution in [2.24, 2.45) is 0 Å². The first-order valence-corrected chi connectivity index (χ1v) is 23.2. The van der Waals surface area contributed by atoms with Crippen LogP contribution in [0.15, 0.2) is 97.2 Å². The zero-order valence-electron chi connectivity index (χ0n) is 37.2. The summed E-state index contributed by atoms with van der Waals surface area (Å²) in [6.07, 6.45) is -1.76. The number of rotatable bonds is 21. The van der Waals surface area contributed by atoms with E-state index >= 15 is 0 Å². The molecule has 5 heterocycles. The van der Waals surface area contributed by atoms with Crippen LogP contribution in [0.5, 0.6) is 11.5 Å². The Morgan fingerprint density at radius 3 is 1.48 bits per heavy atom. The third-order valence-electron chi connectivity index (χ3n) is 9.38. The smallest absolute Gasteiger partial charge is 0.406 e. The number of ether oxygens (including phenoxy) is 2. The van der Waals surface area contributed by atoms with Gasteiger partial charge in [-0.15, -0.1) is 56.9 Å². The van der Waals surface area contributed by atoms with Crippen molar-refractivity contribution < 1.29 is 50.2 Å². The fraction of sp³-hybridized carbons (Fsp3) is 0.289. The molecule has 7 aromatic rings. The summed E-state index contributed by atoms with van der Waals surface area (Å²) in [6, 6.07) is 22.6. The summed E-state index contributed by atoms with van der Waals surface area (Å²) in [5.74, 6) is -1.35. The molecule has 0 spiro atoms. The summed E-state index contributed by atoms with van der Waals surface area (Å²) in [6.45, 7) is 0. The van der Waals surface area contributed by atoms with Crippen molar-refractivity contribution in [3.8, 4) is 11.5 Å². The third-order valence-corrected chi connectivity index (χ3v) is 11.1. The van der Waals surface area contributed by atoms with E-state index in [1.54, 1.807) is 42.6 Å². The first-order chi connectivity index (χ1) is 34.0. The molecule has 5 N–H and O–H groups in total. The van der Waals surface area contributed by atoms with Crippen LogP contribution in [-0.4, -0.2) is 76.2 Å². The number of nitrogens with one attached hydrogen (secondary N) is 3. The summed E-state index contributed by atoms with van der Waals surface area (Å²) in [7, 11) is 0. The van der Waals surface area contributed by atoms with Crippen LogP contribution < -0.4 is 31.2 Å².